The van der Waals surface area contributed by atoms with Crippen LogP contribution in [0.1, 0.15) is 22.9 Å². The van der Waals surface area contributed by atoms with Crippen LogP contribution in [0, 0.1) is 9.81 Å². The van der Waals surface area contributed by atoms with Crippen molar-refractivity contribution in [2.75, 3.05) is 23.8 Å². The van der Waals surface area contributed by atoms with Gasteiger partial charge in [0.05, 0.1) is 41.0 Å². The van der Waals surface area contributed by atoms with E-state index in [0.717, 1.165) is 10.6 Å². The Morgan fingerprint density at radius 3 is 2.41 bits per heavy atom. The molecule has 2 aromatic carbocycles. The van der Waals surface area contributed by atoms with E-state index in [-0.39, 0.29) is 13.0 Å². The van der Waals surface area contributed by atoms with E-state index in [4.69, 9.17) is 5.73 Å². The van der Waals surface area contributed by atoms with Crippen molar-refractivity contribution < 1.29 is 9.90 Å². The van der Waals surface area contributed by atoms with Crippen molar-refractivity contribution in [1.82, 2.24) is 9.99 Å². The van der Waals surface area contributed by atoms with Crippen LogP contribution in [0.15, 0.2) is 70.5 Å². The number of nitrogen functional groups attached to an aromatic ring is 1. The summed E-state index contributed by atoms with van der Waals surface area (Å²) in [5.41, 5.74) is 7.92. The third-order valence-corrected chi connectivity index (χ3v) is 5.47. The first-order chi connectivity index (χ1) is 15.5. The number of nitrogens with zero attached hydrogens (tertiary/aromatic N) is 5. The van der Waals surface area contributed by atoms with Gasteiger partial charge in [-0.15, -0.1) is 21.2 Å². The topological polar surface area (TPSA) is 142 Å². The van der Waals surface area contributed by atoms with E-state index in [9.17, 15) is 19.7 Å². The number of hydrogen-bond acceptors (Lipinski definition) is 9. The number of aliphatic hydroxyl groups excluding tert-OH is 1. The van der Waals surface area contributed by atoms with Gasteiger partial charge in [-0.3, -0.25) is 9.80 Å². The molecule has 32 heavy (non-hydrogen) atoms. The number of carbonyl (C=O) groups is 1. The molecule has 0 aliphatic heterocycles. The van der Waals surface area contributed by atoms with E-state index >= 15 is 0 Å². The molecule has 1 amide bonds. The smallest absolute Gasteiger partial charge is 0.256 e. The maximum absolute atomic E-state index is 12.4. The van der Waals surface area contributed by atoms with Crippen molar-refractivity contribution in [3.63, 3.8) is 0 Å². The van der Waals surface area contributed by atoms with E-state index in [0.29, 0.717) is 35.0 Å². The summed E-state index contributed by atoms with van der Waals surface area (Å²) in [7, 11) is 0. The molecule has 0 aliphatic rings. The summed E-state index contributed by atoms with van der Waals surface area (Å²) < 4.78 is 0. The molecule has 10 nitrogen and oxygen atoms in total. The highest BCUT2D eigenvalue weighted by atomic mass is 32.1. The minimum Gasteiger partial charge on any atom is -0.386 e. The Bertz CT molecular complexity index is 1040. The summed E-state index contributed by atoms with van der Waals surface area (Å²) in [6, 6.07) is 15.7. The average molecular weight is 455 g/mol. The number of nitrogens with two attached hydrogens (primary N) is 1. The lowest BCUT2D eigenvalue weighted by Crippen LogP contribution is -2.27. The van der Waals surface area contributed by atoms with E-state index in [1.807, 2.05) is 18.2 Å². The molecular formula is C21H22N6O4S. The van der Waals surface area contributed by atoms with E-state index < -0.39 is 12.0 Å². The van der Waals surface area contributed by atoms with Crippen LogP contribution in [-0.4, -0.2) is 34.1 Å². The van der Waals surface area contributed by atoms with Crippen molar-refractivity contribution in [3.8, 4) is 0 Å². The second-order valence-electron chi connectivity index (χ2n) is 6.98. The van der Waals surface area contributed by atoms with Gasteiger partial charge in [-0.2, -0.15) is 5.01 Å². The SMILES string of the molecule is Nc1nc(CC(=O)N(N=O)c2ccc(CCN(C[C@H](O)c3ccccc3)N=O)cc2)cs1. The number of hydrogen-bond donors (Lipinski definition) is 2. The highest BCUT2D eigenvalue weighted by molar-refractivity contribution is 7.13. The lowest BCUT2D eigenvalue weighted by atomic mass is 10.1. The average Bonchev–Trinajstić information content (AvgIpc) is 3.22. The van der Waals surface area contributed by atoms with Gasteiger partial charge in [0.2, 0.25) is 0 Å². The van der Waals surface area contributed by atoms with Crippen LogP contribution in [0.25, 0.3) is 0 Å². The molecule has 0 unspecified atom stereocenters. The lowest BCUT2D eigenvalue weighted by Gasteiger charge is -2.19. The molecule has 0 aliphatic carbocycles. The fourth-order valence-corrected chi connectivity index (χ4v) is 3.64. The zero-order chi connectivity index (χ0) is 22.9. The number of aromatic nitrogens is 1. The number of aliphatic hydroxyl groups is 1. The molecule has 166 valence electrons. The van der Waals surface area contributed by atoms with Crippen LogP contribution in [-0.2, 0) is 17.6 Å². The van der Waals surface area contributed by atoms with Crippen molar-refractivity contribution >= 4 is 28.1 Å². The number of nitroso groups, excluding NO2 is 2. The van der Waals surface area contributed by atoms with Crippen molar-refractivity contribution in [1.29, 1.82) is 0 Å². The van der Waals surface area contributed by atoms with E-state index in [1.54, 1.807) is 41.8 Å². The number of amides is 1. The first kappa shape index (κ1) is 23.0. The van der Waals surface area contributed by atoms with Gasteiger partial charge in [-0.1, -0.05) is 42.5 Å². The first-order valence-electron chi connectivity index (χ1n) is 9.76. The minimum absolute atomic E-state index is 0.0735. The van der Waals surface area contributed by atoms with Gasteiger partial charge in [0.1, 0.15) is 0 Å². The molecular weight excluding hydrogens is 432 g/mol. The highest BCUT2D eigenvalue weighted by Gasteiger charge is 2.19. The predicted molar refractivity (Wildman–Crippen MR) is 122 cm³/mol. The molecule has 1 atom stereocenters. The van der Waals surface area contributed by atoms with Crippen LogP contribution >= 0.6 is 11.3 Å². The third-order valence-electron chi connectivity index (χ3n) is 4.74. The first-order valence-corrected chi connectivity index (χ1v) is 10.6. The maximum Gasteiger partial charge on any atom is 0.256 e. The molecule has 11 heteroatoms. The largest absolute Gasteiger partial charge is 0.386 e. The second-order valence-corrected chi connectivity index (χ2v) is 7.87. The number of anilines is 2. The van der Waals surface area contributed by atoms with E-state index in [2.05, 4.69) is 15.6 Å². The molecule has 3 rings (SSSR count). The fourth-order valence-electron chi connectivity index (χ4n) is 3.08. The monoisotopic (exact) mass is 454 g/mol. The van der Waals surface area contributed by atoms with Gasteiger partial charge in [-0.25, -0.2) is 4.98 Å². The van der Waals surface area contributed by atoms with Gasteiger partial charge in [0, 0.05) is 11.9 Å². The fraction of sp³-hybridized carbons (Fsp3) is 0.238. The lowest BCUT2D eigenvalue weighted by molar-refractivity contribution is -0.118. The Morgan fingerprint density at radius 2 is 1.81 bits per heavy atom. The number of carbonyl (C=O) groups excluding carboxylic acids is 1. The van der Waals surface area contributed by atoms with Crippen molar-refractivity contribution in [2.45, 2.75) is 18.9 Å². The van der Waals surface area contributed by atoms with Crippen LogP contribution in [0.2, 0.25) is 0 Å². The van der Waals surface area contributed by atoms with Crippen LogP contribution in [0.4, 0.5) is 10.8 Å². The quantitative estimate of drug-likeness (QED) is 0.334. The second kappa shape index (κ2) is 11.1. The molecule has 0 bridgehead atoms. The zero-order valence-electron chi connectivity index (χ0n) is 17.1. The molecule has 3 aromatic rings. The van der Waals surface area contributed by atoms with Crippen LogP contribution in [0.5, 0.6) is 0 Å². The highest BCUT2D eigenvalue weighted by Crippen LogP contribution is 2.20. The van der Waals surface area contributed by atoms with Crippen molar-refractivity contribution in [3.05, 3.63) is 86.6 Å². The van der Waals surface area contributed by atoms with Crippen LogP contribution < -0.4 is 10.7 Å². The molecule has 0 saturated heterocycles. The molecule has 3 N–H and O–H groups in total. The van der Waals surface area contributed by atoms with Gasteiger partial charge < -0.3 is 10.8 Å². The Morgan fingerprint density at radius 1 is 1.09 bits per heavy atom. The summed E-state index contributed by atoms with van der Waals surface area (Å²) >= 11 is 1.21. The number of rotatable bonds is 11. The van der Waals surface area contributed by atoms with Gasteiger partial charge in [0.25, 0.3) is 5.91 Å². The molecule has 0 saturated carbocycles. The summed E-state index contributed by atoms with van der Waals surface area (Å²) in [5, 5.41) is 20.1. The predicted octanol–water partition coefficient (Wildman–Crippen LogP) is 3.24. The van der Waals surface area contributed by atoms with Crippen LogP contribution in [0.3, 0.4) is 0 Å². The molecule has 0 radical (unpaired) electrons. The summed E-state index contributed by atoms with van der Waals surface area (Å²) in [6.07, 6.45) is -0.443. The Labute approximate surface area is 188 Å². The summed E-state index contributed by atoms with van der Waals surface area (Å²) in [5.74, 6) is -0.524. The Kier molecular flexibility index (Phi) is 7.95. The van der Waals surface area contributed by atoms with Gasteiger partial charge in [0.15, 0.2) is 5.13 Å². The minimum atomic E-state index is -0.831. The van der Waals surface area contributed by atoms with Crippen molar-refractivity contribution in [2.24, 2.45) is 10.6 Å². The molecule has 0 spiro atoms. The normalized spacial score (nSPS) is 11.5. The number of thiazole rings is 1. The summed E-state index contributed by atoms with van der Waals surface area (Å²) in [6.45, 7) is 0.372. The van der Waals surface area contributed by atoms with Gasteiger partial charge in [-0.05, 0) is 29.7 Å². The van der Waals surface area contributed by atoms with Gasteiger partial charge >= 0.3 is 0 Å². The Hall–Kier alpha value is -3.70. The molecule has 0 fully saturated rings. The number of benzene rings is 2. The summed E-state index contributed by atoms with van der Waals surface area (Å²) in [4.78, 5) is 38.8. The Balaban J connectivity index is 1.56. The van der Waals surface area contributed by atoms with E-state index in [1.165, 1.54) is 16.3 Å². The third kappa shape index (κ3) is 6.15. The standard InChI is InChI=1S/C21H22N6O4S/c22-21-23-17(14-32-21)12-20(29)27(25-31)18-8-6-15(7-9-18)10-11-26(24-30)13-19(28)16-4-2-1-3-5-16/h1-9,14,19,28H,10-13H2,(H2,22,23)/t19-/m0/s1. The maximum atomic E-state index is 12.4. The molecule has 1 aromatic heterocycles. The molecule has 1 heterocycles. The zero-order valence-corrected chi connectivity index (χ0v) is 17.9.